The van der Waals surface area contributed by atoms with Crippen LogP contribution in [0.4, 0.5) is 4.39 Å². The van der Waals surface area contributed by atoms with Crippen LogP contribution < -0.4 is 4.74 Å². The first-order valence-corrected chi connectivity index (χ1v) is 11.6. The highest BCUT2D eigenvalue weighted by atomic mass is 19.1. The first-order valence-electron chi connectivity index (χ1n) is 11.6. The molecule has 0 saturated carbocycles. The Hall–Kier alpha value is -3.85. The van der Waals surface area contributed by atoms with Gasteiger partial charge < -0.3 is 14.4 Å². The van der Waals surface area contributed by atoms with Crippen molar-refractivity contribution in [3.8, 4) is 5.75 Å². The van der Waals surface area contributed by atoms with E-state index < -0.39 is 23.0 Å². The third-order valence-corrected chi connectivity index (χ3v) is 6.65. The molecule has 2 heterocycles. The van der Waals surface area contributed by atoms with Gasteiger partial charge >= 0.3 is 0 Å². The predicted octanol–water partition coefficient (Wildman–Crippen LogP) is 3.07. The van der Waals surface area contributed by atoms with E-state index in [2.05, 4.69) is 4.98 Å². The molecular formula is C27H28FN3O5. The van der Waals surface area contributed by atoms with Crippen molar-refractivity contribution in [3.05, 3.63) is 71.7 Å². The Labute approximate surface area is 208 Å². The summed E-state index contributed by atoms with van der Waals surface area (Å²) >= 11 is 0. The van der Waals surface area contributed by atoms with Crippen LogP contribution in [0.1, 0.15) is 24.0 Å². The number of likely N-dealkylation sites (tertiary alicyclic amines) is 1. The lowest BCUT2D eigenvalue weighted by Crippen LogP contribution is -2.43. The molecule has 9 heteroatoms. The Morgan fingerprint density at radius 2 is 1.92 bits per heavy atom. The van der Waals surface area contributed by atoms with Crippen molar-refractivity contribution < 1.29 is 28.2 Å². The Morgan fingerprint density at radius 1 is 1.14 bits per heavy atom. The van der Waals surface area contributed by atoms with Crippen LogP contribution in [0, 0.1) is 5.82 Å². The maximum absolute atomic E-state index is 15.0. The van der Waals surface area contributed by atoms with Crippen LogP contribution in [0.25, 0.3) is 10.9 Å². The number of pyridine rings is 1. The summed E-state index contributed by atoms with van der Waals surface area (Å²) in [6.45, 7) is 0.421. The van der Waals surface area contributed by atoms with Gasteiger partial charge in [0.1, 0.15) is 17.1 Å². The minimum atomic E-state index is -1.62. The fourth-order valence-corrected chi connectivity index (χ4v) is 4.75. The van der Waals surface area contributed by atoms with Gasteiger partial charge in [-0.2, -0.15) is 0 Å². The topological polar surface area (TPSA) is 89.0 Å². The lowest BCUT2D eigenvalue weighted by Gasteiger charge is -2.29. The molecule has 2 aromatic carbocycles. The molecule has 36 heavy (non-hydrogen) atoms. The highest BCUT2D eigenvalue weighted by molar-refractivity contribution is 6.10. The number of fused-ring (bicyclic) bond motifs is 1. The van der Waals surface area contributed by atoms with Crippen LogP contribution in [-0.4, -0.2) is 66.9 Å². The van der Waals surface area contributed by atoms with Gasteiger partial charge in [0.15, 0.2) is 0 Å². The Bertz CT molecular complexity index is 1310. The number of hydrogen-bond donors (Lipinski definition) is 0. The average molecular weight is 494 g/mol. The summed E-state index contributed by atoms with van der Waals surface area (Å²) in [7, 11) is 4.65. The number of rotatable bonds is 9. The molecule has 0 unspecified atom stereocenters. The second-order valence-electron chi connectivity index (χ2n) is 8.84. The zero-order chi connectivity index (χ0) is 25.9. The second kappa shape index (κ2) is 10.4. The van der Waals surface area contributed by atoms with Crippen LogP contribution in [0.15, 0.2) is 54.7 Å². The SMILES string of the molecule is COCCN1C(=O)C[C@@](CC(=O)N(C)Cc2ccc(OC)c3ncccc23)(c2ccccc2F)C1=O. The van der Waals surface area contributed by atoms with Gasteiger partial charge in [0.25, 0.3) is 0 Å². The number of aromatic nitrogens is 1. The van der Waals surface area contributed by atoms with Gasteiger partial charge in [0.2, 0.25) is 17.7 Å². The van der Waals surface area contributed by atoms with Crippen molar-refractivity contribution in [2.75, 3.05) is 34.4 Å². The van der Waals surface area contributed by atoms with E-state index in [0.29, 0.717) is 11.3 Å². The molecule has 0 N–H and O–H groups in total. The van der Waals surface area contributed by atoms with Crippen LogP contribution >= 0.6 is 0 Å². The lowest BCUT2D eigenvalue weighted by molar-refractivity contribution is -0.143. The van der Waals surface area contributed by atoms with Gasteiger partial charge in [-0.3, -0.25) is 24.3 Å². The van der Waals surface area contributed by atoms with Crippen molar-refractivity contribution in [2.24, 2.45) is 0 Å². The lowest BCUT2D eigenvalue weighted by atomic mass is 9.75. The number of nitrogens with zero attached hydrogens (tertiary/aromatic N) is 3. The molecule has 0 radical (unpaired) electrons. The summed E-state index contributed by atoms with van der Waals surface area (Å²) in [5.74, 6) is -1.44. The normalized spacial score (nSPS) is 17.6. The standard InChI is InChI=1S/C27H28FN3O5/c1-30(17-18-10-11-22(36-3)25-19(18)7-6-12-29-25)23(32)15-27(20-8-4-5-9-21(20)28)16-24(33)31(26(27)34)13-14-35-2/h4-12H,13-17H2,1-3H3/t27-/m0/s1. The van der Waals surface area contributed by atoms with Crippen LogP contribution in [-0.2, 0) is 31.1 Å². The molecule has 3 aromatic rings. The van der Waals surface area contributed by atoms with Crippen molar-refractivity contribution in [1.29, 1.82) is 0 Å². The number of benzene rings is 2. The van der Waals surface area contributed by atoms with Crippen molar-refractivity contribution in [3.63, 3.8) is 0 Å². The van der Waals surface area contributed by atoms with Gasteiger partial charge in [-0.15, -0.1) is 0 Å². The fourth-order valence-electron chi connectivity index (χ4n) is 4.75. The molecule has 1 aromatic heterocycles. The average Bonchev–Trinajstić information content (AvgIpc) is 3.12. The predicted molar refractivity (Wildman–Crippen MR) is 131 cm³/mol. The van der Waals surface area contributed by atoms with E-state index in [9.17, 15) is 18.8 Å². The van der Waals surface area contributed by atoms with E-state index in [4.69, 9.17) is 9.47 Å². The van der Waals surface area contributed by atoms with Crippen LogP contribution in [0.2, 0.25) is 0 Å². The first kappa shape index (κ1) is 25.2. The highest BCUT2D eigenvalue weighted by Gasteiger charge is 2.54. The van der Waals surface area contributed by atoms with Crippen LogP contribution in [0.5, 0.6) is 5.75 Å². The molecule has 4 rings (SSSR count). The Balaban J connectivity index is 1.65. The molecule has 188 valence electrons. The number of carbonyl (C=O) groups is 3. The number of halogens is 1. The first-order chi connectivity index (χ1) is 17.3. The second-order valence-corrected chi connectivity index (χ2v) is 8.84. The summed E-state index contributed by atoms with van der Waals surface area (Å²) < 4.78 is 25.4. The summed E-state index contributed by atoms with van der Waals surface area (Å²) in [6.07, 6.45) is 1.04. The van der Waals surface area contributed by atoms with E-state index in [1.165, 1.54) is 30.2 Å². The van der Waals surface area contributed by atoms with Crippen LogP contribution in [0.3, 0.4) is 0 Å². The van der Waals surface area contributed by atoms with E-state index in [0.717, 1.165) is 15.8 Å². The molecule has 0 bridgehead atoms. The van der Waals surface area contributed by atoms with E-state index in [-0.39, 0.29) is 44.0 Å². The number of methoxy groups -OCH3 is 2. The number of imide groups is 1. The molecule has 1 aliphatic heterocycles. The molecule has 1 aliphatic rings. The molecule has 8 nitrogen and oxygen atoms in total. The number of ether oxygens (including phenoxy) is 2. The summed E-state index contributed by atoms with van der Waals surface area (Å²) in [4.78, 5) is 46.8. The van der Waals surface area contributed by atoms with Crippen molar-refractivity contribution in [1.82, 2.24) is 14.8 Å². The maximum Gasteiger partial charge on any atom is 0.241 e. The number of hydrogen-bond acceptors (Lipinski definition) is 6. The molecule has 1 atom stereocenters. The zero-order valence-electron chi connectivity index (χ0n) is 20.5. The summed E-state index contributed by atoms with van der Waals surface area (Å²) in [5, 5.41) is 0.832. The minimum absolute atomic E-state index is 0.0409. The van der Waals surface area contributed by atoms with Gasteiger partial charge in [-0.25, -0.2) is 4.39 Å². The van der Waals surface area contributed by atoms with Gasteiger partial charge in [0, 0.05) is 50.7 Å². The molecular weight excluding hydrogens is 465 g/mol. The smallest absolute Gasteiger partial charge is 0.241 e. The minimum Gasteiger partial charge on any atom is -0.494 e. The number of amides is 3. The summed E-state index contributed by atoms with van der Waals surface area (Å²) in [5.41, 5.74) is -0.0636. The molecule has 1 fully saturated rings. The molecule has 1 saturated heterocycles. The Morgan fingerprint density at radius 3 is 2.64 bits per heavy atom. The monoisotopic (exact) mass is 493 g/mol. The Kier molecular flexibility index (Phi) is 7.30. The fraction of sp³-hybridized carbons (Fsp3) is 0.333. The highest BCUT2D eigenvalue weighted by Crippen LogP contribution is 2.41. The zero-order valence-corrected chi connectivity index (χ0v) is 20.5. The van der Waals surface area contributed by atoms with Gasteiger partial charge in [-0.05, 0) is 23.8 Å². The van der Waals surface area contributed by atoms with Crippen molar-refractivity contribution >= 4 is 28.6 Å². The third-order valence-electron chi connectivity index (χ3n) is 6.65. The van der Waals surface area contributed by atoms with E-state index >= 15 is 0 Å². The summed E-state index contributed by atoms with van der Waals surface area (Å²) in [6, 6.07) is 13.2. The maximum atomic E-state index is 15.0. The molecule has 0 aliphatic carbocycles. The largest absolute Gasteiger partial charge is 0.494 e. The van der Waals surface area contributed by atoms with Crippen molar-refractivity contribution in [2.45, 2.75) is 24.8 Å². The molecule has 0 spiro atoms. The van der Waals surface area contributed by atoms with E-state index in [1.54, 1.807) is 38.6 Å². The van der Waals surface area contributed by atoms with Gasteiger partial charge in [0.05, 0.1) is 25.7 Å². The van der Waals surface area contributed by atoms with Gasteiger partial charge in [-0.1, -0.05) is 30.3 Å². The third kappa shape index (κ3) is 4.54. The quantitative estimate of drug-likeness (QED) is 0.426. The molecule has 3 amide bonds. The number of carbonyl (C=O) groups excluding carboxylic acids is 3. The van der Waals surface area contributed by atoms with E-state index in [1.807, 2.05) is 12.1 Å².